The number of nitrogens with one attached hydrogen (secondary N) is 1. The molecule has 0 amide bonds. The van der Waals surface area contributed by atoms with Gasteiger partial charge in [-0.15, -0.1) is 10.2 Å². The maximum Gasteiger partial charge on any atom is 0.293 e. The van der Waals surface area contributed by atoms with Crippen LogP contribution in [0.1, 0.15) is 0 Å². The highest BCUT2D eigenvalue weighted by molar-refractivity contribution is 5.91. The first kappa shape index (κ1) is 13.1. The molecule has 0 saturated heterocycles. The average Bonchev–Trinajstić information content (AvgIpc) is 3.21. The second-order valence-corrected chi connectivity index (χ2v) is 4.83. The predicted octanol–water partition coefficient (Wildman–Crippen LogP) is 3.19. The van der Waals surface area contributed by atoms with Gasteiger partial charge in [-0.3, -0.25) is 15.1 Å². The molecule has 1 aromatic carbocycles. The molecule has 0 unspecified atom stereocenters. The van der Waals surface area contributed by atoms with Crippen LogP contribution in [0.3, 0.4) is 0 Å². The first-order valence-corrected chi connectivity index (χ1v) is 6.73. The van der Waals surface area contributed by atoms with E-state index in [0.29, 0.717) is 22.5 Å². The van der Waals surface area contributed by atoms with Gasteiger partial charge in [-0.1, -0.05) is 12.1 Å². The van der Waals surface area contributed by atoms with Gasteiger partial charge in [-0.05, 0) is 18.2 Å². The molecule has 0 saturated carbocycles. The number of para-hydroxylation sites is 1. The number of non-ortho nitro benzene ring substituents is 1. The number of hydrogen-bond acceptors (Lipinski definition) is 6. The van der Waals surface area contributed by atoms with Crippen molar-refractivity contribution >= 4 is 16.6 Å². The SMILES string of the molecule is O=[N+]([O-])c1cccc2cc(-c3nnc(-c4ccncc4)o3)[nH]c12. The molecule has 0 bridgehead atoms. The fraction of sp³-hybridized carbons (Fsp3) is 0. The van der Waals surface area contributed by atoms with E-state index < -0.39 is 4.92 Å². The summed E-state index contributed by atoms with van der Waals surface area (Å²) in [6.45, 7) is 0. The standard InChI is InChI=1S/C15H9N5O3/c21-20(22)12-3-1-2-10-8-11(17-13(10)12)15-19-18-14(23-15)9-4-6-16-7-5-9/h1-8,17H. The lowest BCUT2D eigenvalue weighted by molar-refractivity contribution is -0.383. The Hall–Kier alpha value is -3.55. The molecule has 4 rings (SSSR count). The second-order valence-electron chi connectivity index (χ2n) is 4.83. The van der Waals surface area contributed by atoms with Gasteiger partial charge in [0.1, 0.15) is 11.2 Å². The number of nitrogens with zero attached hydrogens (tertiary/aromatic N) is 4. The second kappa shape index (κ2) is 5.02. The maximum absolute atomic E-state index is 11.1. The Morgan fingerprint density at radius 3 is 2.65 bits per heavy atom. The van der Waals surface area contributed by atoms with Crippen LogP contribution in [0.4, 0.5) is 5.69 Å². The number of pyridine rings is 1. The average molecular weight is 307 g/mol. The molecule has 0 aliphatic rings. The molecular formula is C15H9N5O3. The molecule has 8 heteroatoms. The molecule has 0 fully saturated rings. The summed E-state index contributed by atoms with van der Waals surface area (Å²) in [6, 6.07) is 10.1. The summed E-state index contributed by atoms with van der Waals surface area (Å²) in [5.74, 6) is 0.623. The van der Waals surface area contributed by atoms with Gasteiger partial charge in [0.25, 0.3) is 11.6 Å². The molecule has 0 atom stereocenters. The Morgan fingerprint density at radius 2 is 1.87 bits per heavy atom. The van der Waals surface area contributed by atoms with Crippen molar-refractivity contribution in [3.05, 3.63) is 58.9 Å². The number of aromatic nitrogens is 4. The van der Waals surface area contributed by atoms with E-state index in [1.54, 1.807) is 42.7 Å². The number of rotatable bonds is 3. The van der Waals surface area contributed by atoms with Crippen LogP contribution in [0, 0.1) is 10.1 Å². The van der Waals surface area contributed by atoms with Crippen LogP contribution in [0.15, 0.2) is 53.2 Å². The van der Waals surface area contributed by atoms with Crippen LogP contribution in [0.2, 0.25) is 0 Å². The van der Waals surface area contributed by atoms with Crippen molar-refractivity contribution in [1.82, 2.24) is 20.2 Å². The van der Waals surface area contributed by atoms with Gasteiger partial charge in [0.05, 0.1) is 4.92 Å². The Labute approximate surface area is 129 Å². The van der Waals surface area contributed by atoms with Gasteiger partial charge in [0, 0.05) is 29.4 Å². The molecule has 3 aromatic heterocycles. The van der Waals surface area contributed by atoms with Crippen LogP contribution >= 0.6 is 0 Å². The zero-order chi connectivity index (χ0) is 15.8. The monoisotopic (exact) mass is 307 g/mol. The topological polar surface area (TPSA) is 111 Å². The van der Waals surface area contributed by atoms with E-state index in [0.717, 1.165) is 5.56 Å². The van der Waals surface area contributed by atoms with E-state index in [2.05, 4.69) is 20.2 Å². The molecule has 0 radical (unpaired) electrons. The van der Waals surface area contributed by atoms with Crippen molar-refractivity contribution in [2.24, 2.45) is 0 Å². The largest absolute Gasteiger partial charge is 0.415 e. The molecule has 1 N–H and O–H groups in total. The lowest BCUT2D eigenvalue weighted by atomic mass is 10.2. The van der Waals surface area contributed by atoms with Gasteiger partial charge in [-0.25, -0.2) is 0 Å². The highest BCUT2D eigenvalue weighted by Crippen LogP contribution is 2.30. The van der Waals surface area contributed by atoms with Gasteiger partial charge in [-0.2, -0.15) is 0 Å². The van der Waals surface area contributed by atoms with Crippen LogP contribution in [-0.2, 0) is 0 Å². The Morgan fingerprint density at radius 1 is 1.09 bits per heavy atom. The Kier molecular flexibility index (Phi) is 2.87. The van der Waals surface area contributed by atoms with Crippen molar-refractivity contribution in [3.8, 4) is 23.0 Å². The fourth-order valence-electron chi connectivity index (χ4n) is 2.35. The van der Waals surface area contributed by atoms with Crippen molar-refractivity contribution < 1.29 is 9.34 Å². The van der Waals surface area contributed by atoms with Crippen molar-refractivity contribution in [3.63, 3.8) is 0 Å². The summed E-state index contributed by atoms with van der Waals surface area (Å²) >= 11 is 0. The van der Waals surface area contributed by atoms with Crippen LogP contribution < -0.4 is 0 Å². The van der Waals surface area contributed by atoms with E-state index in [9.17, 15) is 10.1 Å². The van der Waals surface area contributed by atoms with Gasteiger partial charge < -0.3 is 9.40 Å². The molecule has 23 heavy (non-hydrogen) atoms. The minimum absolute atomic E-state index is 0.00243. The third kappa shape index (κ3) is 2.22. The molecular weight excluding hydrogens is 298 g/mol. The van der Waals surface area contributed by atoms with E-state index in [-0.39, 0.29) is 11.6 Å². The molecule has 3 heterocycles. The molecule has 0 spiro atoms. The first-order valence-electron chi connectivity index (χ1n) is 6.73. The third-order valence-corrected chi connectivity index (χ3v) is 3.41. The molecule has 0 aliphatic heterocycles. The number of nitro benzene ring substituents is 1. The number of aromatic amines is 1. The zero-order valence-electron chi connectivity index (χ0n) is 11.6. The van der Waals surface area contributed by atoms with Crippen molar-refractivity contribution in [2.45, 2.75) is 0 Å². The molecule has 4 aromatic rings. The van der Waals surface area contributed by atoms with E-state index >= 15 is 0 Å². The summed E-state index contributed by atoms with van der Waals surface area (Å²) in [4.78, 5) is 17.6. The number of fused-ring (bicyclic) bond motifs is 1. The Bertz CT molecular complexity index is 1010. The maximum atomic E-state index is 11.1. The minimum Gasteiger partial charge on any atom is -0.415 e. The number of H-pyrrole nitrogens is 1. The lowest BCUT2D eigenvalue weighted by Crippen LogP contribution is -1.88. The van der Waals surface area contributed by atoms with Crippen LogP contribution in [-0.4, -0.2) is 25.1 Å². The summed E-state index contributed by atoms with van der Waals surface area (Å²) in [5.41, 5.74) is 1.71. The van der Waals surface area contributed by atoms with E-state index in [1.807, 2.05) is 0 Å². The minimum atomic E-state index is -0.432. The molecule has 8 nitrogen and oxygen atoms in total. The highest BCUT2D eigenvalue weighted by atomic mass is 16.6. The summed E-state index contributed by atoms with van der Waals surface area (Å²) in [5, 5.41) is 19.8. The number of hydrogen-bond donors (Lipinski definition) is 1. The van der Waals surface area contributed by atoms with Gasteiger partial charge >= 0.3 is 0 Å². The van der Waals surface area contributed by atoms with Gasteiger partial charge in [0.2, 0.25) is 5.89 Å². The molecule has 0 aliphatic carbocycles. The van der Waals surface area contributed by atoms with Crippen LogP contribution in [0.5, 0.6) is 0 Å². The lowest BCUT2D eigenvalue weighted by Gasteiger charge is -1.92. The zero-order valence-corrected chi connectivity index (χ0v) is 11.6. The van der Waals surface area contributed by atoms with Crippen molar-refractivity contribution in [1.29, 1.82) is 0 Å². The fourth-order valence-corrected chi connectivity index (χ4v) is 2.35. The van der Waals surface area contributed by atoms with E-state index in [4.69, 9.17) is 4.42 Å². The normalized spacial score (nSPS) is 11.0. The van der Waals surface area contributed by atoms with E-state index in [1.165, 1.54) is 6.07 Å². The number of nitro groups is 1. The number of benzene rings is 1. The third-order valence-electron chi connectivity index (χ3n) is 3.41. The predicted molar refractivity (Wildman–Crippen MR) is 81.5 cm³/mol. The summed E-state index contributed by atoms with van der Waals surface area (Å²) in [6.07, 6.45) is 3.26. The quantitative estimate of drug-likeness (QED) is 0.459. The summed E-state index contributed by atoms with van der Waals surface area (Å²) < 4.78 is 5.63. The van der Waals surface area contributed by atoms with Gasteiger partial charge in [0.15, 0.2) is 0 Å². The van der Waals surface area contributed by atoms with Crippen molar-refractivity contribution in [2.75, 3.05) is 0 Å². The highest BCUT2D eigenvalue weighted by Gasteiger charge is 2.17. The first-order chi connectivity index (χ1) is 11.2. The molecule has 112 valence electrons. The smallest absolute Gasteiger partial charge is 0.293 e. The summed E-state index contributed by atoms with van der Waals surface area (Å²) in [7, 11) is 0. The van der Waals surface area contributed by atoms with Crippen LogP contribution in [0.25, 0.3) is 33.9 Å². The Balaban J connectivity index is 1.80.